The second-order valence-electron chi connectivity index (χ2n) is 9.76. The Balaban J connectivity index is 1.47. The fourth-order valence-corrected chi connectivity index (χ4v) is 7.35. The topological polar surface area (TPSA) is 108 Å². The normalized spacial score (nSPS) is 35.3. The van der Waals surface area contributed by atoms with Crippen LogP contribution in [0.3, 0.4) is 0 Å². The zero-order chi connectivity index (χ0) is 21.0. The third kappa shape index (κ3) is 3.56. The Bertz CT molecular complexity index is 753. The molecular weight excluding hydrogens is 388 g/mol. The van der Waals surface area contributed by atoms with Gasteiger partial charge in [-0.05, 0) is 99.1 Å². The number of hydrogen-bond donors (Lipinski definition) is 3. The van der Waals surface area contributed by atoms with Gasteiger partial charge in [0.2, 0.25) is 5.91 Å². The molecule has 0 radical (unpaired) electrons. The number of primary amides is 1. The van der Waals surface area contributed by atoms with Gasteiger partial charge in [-0.3, -0.25) is 10.1 Å². The number of aliphatic hydroxyl groups excluding tert-OH is 1. The summed E-state index contributed by atoms with van der Waals surface area (Å²) >= 11 is -1.40. The number of benzene rings is 1. The highest BCUT2D eigenvalue weighted by molar-refractivity contribution is 7.92. The first kappa shape index (κ1) is 21.0. The minimum Gasteiger partial charge on any atom is -0.611 e. The first-order chi connectivity index (χ1) is 13.7. The van der Waals surface area contributed by atoms with Crippen molar-refractivity contribution in [2.45, 2.75) is 67.9 Å². The quantitative estimate of drug-likeness (QED) is 0.463. The van der Waals surface area contributed by atoms with E-state index in [1.807, 2.05) is 13.8 Å². The van der Waals surface area contributed by atoms with Crippen LogP contribution in [0.1, 0.15) is 46.0 Å². The smallest absolute Gasteiger partial charge is 0.223 e. The highest BCUT2D eigenvalue weighted by atomic mass is 32.2. The van der Waals surface area contributed by atoms with E-state index in [4.69, 9.17) is 10.5 Å². The Kier molecular flexibility index (Phi) is 5.39. The first-order valence-electron chi connectivity index (χ1n) is 10.5. The lowest BCUT2D eigenvalue weighted by Gasteiger charge is -2.59. The van der Waals surface area contributed by atoms with Gasteiger partial charge in [0.15, 0.2) is 15.9 Å². The van der Waals surface area contributed by atoms with Gasteiger partial charge >= 0.3 is 0 Å². The third-order valence-corrected chi connectivity index (χ3v) is 9.44. The standard InChI is InChI=1S/C22H32N2O4S/c1-21(2,29(27)17-6-4-16(28-3)5-7-17)20(26)24-18-14-8-13-9-15(18)12-22(10-13,11-14)19(23)25/h4-7,13-15,18,20,24,26H,8-12H2,1-3H3,(H2,23,25). The summed E-state index contributed by atoms with van der Waals surface area (Å²) in [6.45, 7) is 3.65. The van der Waals surface area contributed by atoms with E-state index in [2.05, 4.69) is 5.32 Å². The molecule has 1 aromatic carbocycles. The Morgan fingerprint density at radius 3 is 2.38 bits per heavy atom. The van der Waals surface area contributed by atoms with Gasteiger partial charge < -0.3 is 20.1 Å². The van der Waals surface area contributed by atoms with E-state index in [9.17, 15) is 14.5 Å². The fourth-order valence-electron chi connectivity index (χ4n) is 6.09. The van der Waals surface area contributed by atoms with Crippen LogP contribution in [0.4, 0.5) is 0 Å². The van der Waals surface area contributed by atoms with E-state index in [-0.39, 0.29) is 17.4 Å². The maximum atomic E-state index is 13.2. The zero-order valence-electron chi connectivity index (χ0n) is 17.4. The molecule has 0 spiro atoms. The van der Waals surface area contributed by atoms with Gasteiger partial charge in [0.1, 0.15) is 5.75 Å². The summed E-state index contributed by atoms with van der Waals surface area (Å²) in [5, 5.41) is 14.5. The molecule has 160 valence electrons. The lowest BCUT2D eigenvalue weighted by atomic mass is 9.47. The highest BCUT2D eigenvalue weighted by Gasteiger charge is 2.58. The molecule has 29 heavy (non-hydrogen) atoms. The van der Waals surface area contributed by atoms with Crippen molar-refractivity contribution in [3.63, 3.8) is 0 Å². The lowest BCUT2D eigenvalue weighted by Crippen LogP contribution is -2.65. The average molecular weight is 421 g/mol. The summed E-state index contributed by atoms with van der Waals surface area (Å²) in [5.74, 6) is 1.80. The van der Waals surface area contributed by atoms with Gasteiger partial charge in [-0.15, -0.1) is 0 Å². The molecule has 0 saturated heterocycles. The molecule has 0 aliphatic heterocycles. The minimum atomic E-state index is -1.40. The summed E-state index contributed by atoms with van der Waals surface area (Å²) in [6.07, 6.45) is 3.79. The first-order valence-corrected chi connectivity index (χ1v) is 11.6. The van der Waals surface area contributed by atoms with Crippen molar-refractivity contribution in [1.82, 2.24) is 5.32 Å². The number of nitrogens with one attached hydrogen (secondary N) is 1. The number of methoxy groups -OCH3 is 1. The molecule has 0 heterocycles. The number of carbonyl (C=O) groups excluding carboxylic acids is 1. The van der Waals surface area contributed by atoms with Gasteiger partial charge in [0, 0.05) is 11.5 Å². The van der Waals surface area contributed by atoms with Gasteiger partial charge in [-0.2, -0.15) is 0 Å². The summed E-state index contributed by atoms with van der Waals surface area (Å²) in [4.78, 5) is 12.8. The summed E-state index contributed by atoms with van der Waals surface area (Å²) in [5.41, 5.74) is 5.43. The van der Waals surface area contributed by atoms with E-state index in [1.165, 1.54) is 0 Å². The van der Waals surface area contributed by atoms with Crippen molar-refractivity contribution in [3.05, 3.63) is 24.3 Å². The molecule has 0 aromatic heterocycles. The van der Waals surface area contributed by atoms with Crippen LogP contribution in [0.25, 0.3) is 0 Å². The molecule has 4 fully saturated rings. The Morgan fingerprint density at radius 2 is 1.86 bits per heavy atom. The molecule has 4 aliphatic carbocycles. The van der Waals surface area contributed by atoms with E-state index < -0.39 is 22.2 Å². The molecule has 4 aliphatic rings. The number of amides is 1. The maximum absolute atomic E-state index is 13.2. The number of ether oxygens (including phenoxy) is 1. The van der Waals surface area contributed by atoms with Crippen molar-refractivity contribution in [2.24, 2.45) is 28.9 Å². The van der Waals surface area contributed by atoms with Gasteiger partial charge in [0.05, 0.1) is 7.11 Å². The molecule has 4 saturated carbocycles. The van der Waals surface area contributed by atoms with E-state index in [1.54, 1.807) is 31.4 Å². The van der Waals surface area contributed by atoms with Crippen molar-refractivity contribution >= 4 is 17.1 Å². The molecular formula is C22H32N2O4S. The molecule has 1 amide bonds. The van der Waals surface area contributed by atoms with Crippen LogP contribution in [-0.2, 0) is 16.0 Å². The second kappa shape index (κ2) is 7.45. The summed E-state index contributed by atoms with van der Waals surface area (Å²) in [7, 11) is 1.59. The number of hydrogen-bond acceptors (Lipinski definition) is 5. The van der Waals surface area contributed by atoms with Crippen molar-refractivity contribution in [2.75, 3.05) is 7.11 Å². The van der Waals surface area contributed by atoms with Crippen LogP contribution in [0.5, 0.6) is 5.75 Å². The van der Waals surface area contributed by atoms with Crippen molar-refractivity contribution in [3.8, 4) is 5.75 Å². The van der Waals surface area contributed by atoms with Crippen molar-refractivity contribution < 1.29 is 19.2 Å². The van der Waals surface area contributed by atoms with Gasteiger partial charge in [0.25, 0.3) is 0 Å². The molecule has 1 aromatic rings. The lowest BCUT2D eigenvalue weighted by molar-refractivity contribution is -0.147. The van der Waals surface area contributed by atoms with Crippen LogP contribution in [0.15, 0.2) is 29.2 Å². The molecule has 7 heteroatoms. The Morgan fingerprint density at radius 1 is 1.28 bits per heavy atom. The number of nitrogens with two attached hydrogens (primary N) is 1. The molecule has 4 N–H and O–H groups in total. The predicted octanol–water partition coefficient (Wildman–Crippen LogP) is 2.17. The SMILES string of the molecule is COc1ccc([S+]([O-])C(C)(C)C(O)NC2C3CC4CC2CC(C(N)=O)(C4)C3)cc1. The van der Waals surface area contributed by atoms with E-state index >= 15 is 0 Å². The van der Waals surface area contributed by atoms with Crippen LogP contribution in [-0.4, -0.2) is 39.7 Å². The van der Waals surface area contributed by atoms with Crippen LogP contribution >= 0.6 is 0 Å². The monoisotopic (exact) mass is 420 g/mol. The van der Waals surface area contributed by atoms with E-state index in [0.29, 0.717) is 28.4 Å². The summed E-state index contributed by atoms with van der Waals surface area (Å²) < 4.78 is 17.5. The summed E-state index contributed by atoms with van der Waals surface area (Å²) in [6, 6.07) is 7.27. The van der Waals surface area contributed by atoms with Crippen molar-refractivity contribution in [1.29, 1.82) is 0 Å². The average Bonchev–Trinajstić information content (AvgIpc) is 2.69. The largest absolute Gasteiger partial charge is 0.611 e. The van der Waals surface area contributed by atoms with Crippen LogP contribution in [0, 0.1) is 23.2 Å². The maximum Gasteiger partial charge on any atom is 0.223 e. The predicted molar refractivity (Wildman–Crippen MR) is 112 cm³/mol. The minimum absolute atomic E-state index is 0.140. The van der Waals surface area contributed by atoms with Crippen LogP contribution < -0.4 is 15.8 Å². The molecule has 5 rings (SSSR count). The molecule has 4 bridgehead atoms. The zero-order valence-corrected chi connectivity index (χ0v) is 18.2. The molecule has 4 atom stereocenters. The molecule has 4 unspecified atom stereocenters. The Labute approximate surface area is 175 Å². The number of carbonyl (C=O) groups is 1. The van der Waals surface area contributed by atoms with E-state index in [0.717, 1.165) is 32.1 Å². The van der Waals surface area contributed by atoms with Gasteiger partial charge in [-0.25, -0.2) is 0 Å². The Hall–Kier alpha value is -1.28. The number of rotatable bonds is 7. The molecule has 6 nitrogen and oxygen atoms in total. The van der Waals surface area contributed by atoms with Crippen LogP contribution in [0.2, 0.25) is 0 Å². The third-order valence-electron chi connectivity index (χ3n) is 7.56. The second-order valence-corrected chi connectivity index (χ2v) is 11.8. The van der Waals surface area contributed by atoms with Gasteiger partial charge in [-0.1, -0.05) is 0 Å². The number of aliphatic hydroxyl groups is 1. The highest BCUT2D eigenvalue weighted by Crippen LogP contribution is 2.60. The fraction of sp³-hybridized carbons (Fsp3) is 0.682.